The maximum Gasteiger partial charge on any atom is 0.206 e. The first kappa shape index (κ1) is 16.5. The average Bonchev–Trinajstić information content (AvgIpc) is 2.92. The maximum absolute atomic E-state index is 12.6. The standard InChI is InChI=1S/C18H16ClN3OS/c1-10-6-8-12(9-7-10)15(23)16-17(20)22-18(24-16)21-14-5-3-4-13(19)11(14)2/h3-9H,20H2,1-2H3,(H,21,22). The van der Waals surface area contributed by atoms with Crippen molar-refractivity contribution >= 4 is 45.4 Å². The molecule has 0 unspecified atom stereocenters. The predicted molar refractivity (Wildman–Crippen MR) is 101 cm³/mol. The summed E-state index contributed by atoms with van der Waals surface area (Å²) < 4.78 is 0. The van der Waals surface area contributed by atoms with Crippen molar-refractivity contribution in [3.63, 3.8) is 0 Å². The topological polar surface area (TPSA) is 68.0 Å². The summed E-state index contributed by atoms with van der Waals surface area (Å²) in [6.07, 6.45) is 0. The van der Waals surface area contributed by atoms with Crippen LogP contribution in [0.4, 0.5) is 16.6 Å². The first-order chi connectivity index (χ1) is 11.5. The van der Waals surface area contributed by atoms with Gasteiger partial charge in [0.05, 0.1) is 0 Å². The van der Waals surface area contributed by atoms with Crippen LogP contribution in [0, 0.1) is 13.8 Å². The Labute approximate surface area is 149 Å². The molecule has 0 spiro atoms. The van der Waals surface area contributed by atoms with E-state index in [-0.39, 0.29) is 11.6 Å². The zero-order chi connectivity index (χ0) is 17.3. The van der Waals surface area contributed by atoms with Gasteiger partial charge >= 0.3 is 0 Å². The molecule has 6 heteroatoms. The Morgan fingerprint density at radius 2 is 1.88 bits per heavy atom. The number of carbonyl (C=O) groups is 1. The molecule has 0 bridgehead atoms. The molecule has 0 saturated carbocycles. The van der Waals surface area contributed by atoms with Crippen molar-refractivity contribution in [3.8, 4) is 0 Å². The molecule has 0 amide bonds. The summed E-state index contributed by atoms with van der Waals surface area (Å²) in [6.45, 7) is 3.89. The monoisotopic (exact) mass is 357 g/mol. The minimum atomic E-state index is -0.124. The van der Waals surface area contributed by atoms with Crippen LogP contribution in [-0.4, -0.2) is 10.8 Å². The van der Waals surface area contributed by atoms with E-state index < -0.39 is 0 Å². The van der Waals surface area contributed by atoms with Crippen molar-refractivity contribution in [2.45, 2.75) is 13.8 Å². The molecule has 0 saturated heterocycles. The molecule has 0 atom stereocenters. The van der Waals surface area contributed by atoms with E-state index in [2.05, 4.69) is 10.3 Å². The Morgan fingerprint density at radius 3 is 2.58 bits per heavy atom. The Kier molecular flexibility index (Phi) is 4.55. The van der Waals surface area contributed by atoms with Gasteiger partial charge in [-0.25, -0.2) is 4.98 Å². The molecule has 1 heterocycles. The number of carbonyl (C=O) groups excluding carboxylic acids is 1. The van der Waals surface area contributed by atoms with Crippen molar-refractivity contribution < 1.29 is 4.79 Å². The number of nitrogen functional groups attached to an aromatic ring is 1. The number of ketones is 1. The van der Waals surface area contributed by atoms with Gasteiger partial charge in [-0.15, -0.1) is 0 Å². The normalized spacial score (nSPS) is 10.6. The quantitative estimate of drug-likeness (QED) is 0.647. The fourth-order valence-electron chi connectivity index (χ4n) is 2.24. The average molecular weight is 358 g/mol. The largest absolute Gasteiger partial charge is 0.382 e. The highest BCUT2D eigenvalue weighted by Gasteiger charge is 2.18. The van der Waals surface area contributed by atoms with Gasteiger partial charge in [0.2, 0.25) is 5.78 Å². The minimum Gasteiger partial charge on any atom is -0.382 e. The number of hydrogen-bond acceptors (Lipinski definition) is 5. The van der Waals surface area contributed by atoms with Crippen LogP contribution in [0.1, 0.15) is 26.4 Å². The number of aromatic nitrogens is 1. The lowest BCUT2D eigenvalue weighted by Gasteiger charge is -2.07. The maximum atomic E-state index is 12.6. The fourth-order valence-corrected chi connectivity index (χ4v) is 3.28. The van der Waals surface area contributed by atoms with Crippen LogP contribution in [0.25, 0.3) is 0 Å². The molecule has 0 radical (unpaired) electrons. The van der Waals surface area contributed by atoms with E-state index in [0.29, 0.717) is 20.6 Å². The molecule has 0 aliphatic rings. The first-order valence-electron chi connectivity index (χ1n) is 7.35. The van der Waals surface area contributed by atoms with Gasteiger partial charge in [-0.3, -0.25) is 4.79 Å². The van der Waals surface area contributed by atoms with Crippen molar-refractivity contribution in [2.75, 3.05) is 11.1 Å². The van der Waals surface area contributed by atoms with E-state index in [0.717, 1.165) is 16.8 Å². The third kappa shape index (κ3) is 3.27. The summed E-state index contributed by atoms with van der Waals surface area (Å²) in [5.41, 5.74) is 9.40. The van der Waals surface area contributed by atoms with E-state index in [4.69, 9.17) is 17.3 Å². The molecule has 0 fully saturated rings. The van der Waals surface area contributed by atoms with Gasteiger partial charge in [-0.1, -0.05) is 58.8 Å². The van der Waals surface area contributed by atoms with Crippen LogP contribution < -0.4 is 11.1 Å². The highest BCUT2D eigenvalue weighted by atomic mass is 35.5. The third-order valence-electron chi connectivity index (χ3n) is 3.68. The van der Waals surface area contributed by atoms with E-state index in [1.807, 2.05) is 44.2 Å². The Bertz CT molecular complexity index is 903. The van der Waals surface area contributed by atoms with Crippen molar-refractivity contribution in [2.24, 2.45) is 0 Å². The number of nitrogens with one attached hydrogen (secondary N) is 1. The number of rotatable bonds is 4. The SMILES string of the molecule is Cc1ccc(C(=O)c2sc(Nc3cccc(Cl)c3C)nc2N)cc1. The Balaban J connectivity index is 1.89. The number of thiazole rings is 1. The van der Waals surface area contributed by atoms with Crippen LogP contribution in [0.2, 0.25) is 5.02 Å². The molecule has 2 aromatic carbocycles. The van der Waals surface area contributed by atoms with Crippen molar-refractivity contribution in [1.82, 2.24) is 4.98 Å². The van der Waals surface area contributed by atoms with Crippen LogP contribution in [-0.2, 0) is 0 Å². The summed E-state index contributed by atoms with van der Waals surface area (Å²) in [7, 11) is 0. The fraction of sp³-hybridized carbons (Fsp3) is 0.111. The van der Waals surface area contributed by atoms with Crippen LogP contribution in [0.5, 0.6) is 0 Å². The van der Waals surface area contributed by atoms with Crippen LogP contribution in [0.3, 0.4) is 0 Å². The number of benzene rings is 2. The zero-order valence-corrected chi connectivity index (χ0v) is 14.8. The summed E-state index contributed by atoms with van der Waals surface area (Å²) >= 11 is 7.36. The molecular formula is C18H16ClN3OS. The number of hydrogen-bond donors (Lipinski definition) is 2. The summed E-state index contributed by atoms with van der Waals surface area (Å²) in [5, 5.41) is 4.41. The number of nitrogens with zero attached hydrogens (tertiary/aromatic N) is 1. The number of aryl methyl sites for hydroxylation is 1. The number of nitrogens with two attached hydrogens (primary N) is 1. The number of halogens is 1. The third-order valence-corrected chi connectivity index (χ3v) is 5.08. The van der Waals surface area contributed by atoms with Crippen LogP contribution in [0.15, 0.2) is 42.5 Å². The second-order valence-corrected chi connectivity index (χ2v) is 6.87. The van der Waals surface area contributed by atoms with Gasteiger partial charge in [0.15, 0.2) is 5.13 Å². The van der Waals surface area contributed by atoms with E-state index in [9.17, 15) is 4.79 Å². The molecule has 122 valence electrons. The van der Waals surface area contributed by atoms with Gasteiger partial charge in [0.1, 0.15) is 10.7 Å². The molecule has 0 aliphatic heterocycles. The van der Waals surface area contributed by atoms with Crippen molar-refractivity contribution in [3.05, 3.63) is 69.1 Å². The lowest BCUT2D eigenvalue weighted by molar-refractivity contribution is 0.104. The molecule has 3 aromatic rings. The molecule has 3 rings (SSSR count). The molecular weight excluding hydrogens is 342 g/mol. The Hall–Kier alpha value is -2.37. The molecule has 4 nitrogen and oxygen atoms in total. The summed E-state index contributed by atoms with van der Waals surface area (Å²) in [5.74, 6) is 0.105. The van der Waals surface area contributed by atoms with Gasteiger partial charge < -0.3 is 11.1 Å². The van der Waals surface area contributed by atoms with Crippen LogP contribution >= 0.6 is 22.9 Å². The minimum absolute atomic E-state index is 0.124. The lowest BCUT2D eigenvalue weighted by Crippen LogP contribution is -2.02. The second kappa shape index (κ2) is 6.63. The lowest BCUT2D eigenvalue weighted by atomic mass is 10.1. The smallest absolute Gasteiger partial charge is 0.206 e. The molecule has 3 N–H and O–H groups in total. The Morgan fingerprint density at radius 1 is 1.17 bits per heavy atom. The number of anilines is 3. The first-order valence-corrected chi connectivity index (χ1v) is 8.55. The van der Waals surface area contributed by atoms with E-state index >= 15 is 0 Å². The highest BCUT2D eigenvalue weighted by molar-refractivity contribution is 7.18. The molecule has 24 heavy (non-hydrogen) atoms. The van der Waals surface area contributed by atoms with Gasteiger partial charge in [-0.05, 0) is 31.5 Å². The van der Waals surface area contributed by atoms with Gasteiger partial charge in [-0.2, -0.15) is 0 Å². The highest BCUT2D eigenvalue weighted by Crippen LogP contribution is 2.32. The van der Waals surface area contributed by atoms with E-state index in [1.165, 1.54) is 11.3 Å². The zero-order valence-electron chi connectivity index (χ0n) is 13.3. The van der Waals surface area contributed by atoms with Gasteiger partial charge in [0.25, 0.3) is 0 Å². The molecule has 1 aromatic heterocycles. The van der Waals surface area contributed by atoms with Crippen molar-refractivity contribution in [1.29, 1.82) is 0 Å². The second-order valence-electron chi connectivity index (χ2n) is 5.47. The molecule has 0 aliphatic carbocycles. The van der Waals surface area contributed by atoms with Gasteiger partial charge in [0, 0.05) is 16.3 Å². The summed E-state index contributed by atoms with van der Waals surface area (Å²) in [4.78, 5) is 17.3. The summed E-state index contributed by atoms with van der Waals surface area (Å²) in [6, 6.07) is 13.0. The van der Waals surface area contributed by atoms with E-state index in [1.54, 1.807) is 12.1 Å². The predicted octanol–water partition coefficient (Wildman–Crippen LogP) is 4.97.